The largest absolute Gasteiger partial charge is 0.450 e. The predicted molar refractivity (Wildman–Crippen MR) is 111 cm³/mol. The number of amides is 2. The van der Waals surface area contributed by atoms with Crippen molar-refractivity contribution in [1.29, 1.82) is 0 Å². The summed E-state index contributed by atoms with van der Waals surface area (Å²) >= 11 is 6.43. The van der Waals surface area contributed by atoms with Crippen LogP contribution in [0.2, 0.25) is 5.02 Å². The number of para-hydroxylation sites is 1. The van der Waals surface area contributed by atoms with Gasteiger partial charge in [0.05, 0.1) is 23.7 Å². The fourth-order valence-electron chi connectivity index (χ4n) is 3.56. The van der Waals surface area contributed by atoms with Crippen LogP contribution >= 0.6 is 11.6 Å². The quantitative estimate of drug-likeness (QED) is 0.740. The molecule has 3 rings (SSSR count). The number of carbonyl (C=O) groups is 2. The molecule has 148 valence electrons. The van der Waals surface area contributed by atoms with E-state index in [0.29, 0.717) is 44.0 Å². The Labute approximate surface area is 170 Å². The number of carbonyl (C=O) groups excluding carboxylic acids is 2. The standard InChI is InChI=1S/C22H25ClN2O3/c1-2-28-22(27)24-14-12-18(13-15-24)25(20-11-7-6-10-19(20)23)21(26)16-17-8-4-3-5-9-17/h3-11,18H,2,12-16H2,1H3. The van der Waals surface area contributed by atoms with Crippen LogP contribution in [0.25, 0.3) is 0 Å². The molecule has 1 aliphatic heterocycles. The van der Waals surface area contributed by atoms with Gasteiger partial charge in [-0.2, -0.15) is 0 Å². The number of ether oxygens (including phenoxy) is 1. The van der Waals surface area contributed by atoms with Gasteiger partial charge in [0.2, 0.25) is 5.91 Å². The maximum Gasteiger partial charge on any atom is 0.409 e. The van der Waals surface area contributed by atoms with Crippen LogP contribution < -0.4 is 4.90 Å². The third-order valence-electron chi connectivity index (χ3n) is 4.93. The summed E-state index contributed by atoms with van der Waals surface area (Å²) in [5, 5.41) is 0.553. The van der Waals surface area contributed by atoms with Crippen LogP contribution in [0.5, 0.6) is 0 Å². The van der Waals surface area contributed by atoms with E-state index in [0.717, 1.165) is 11.3 Å². The van der Waals surface area contributed by atoms with Gasteiger partial charge in [-0.3, -0.25) is 4.79 Å². The SMILES string of the molecule is CCOC(=O)N1CCC(N(C(=O)Cc2ccccc2)c2ccccc2Cl)CC1. The molecule has 0 saturated carbocycles. The second-order valence-corrected chi connectivity index (χ2v) is 7.20. The van der Waals surface area contributed by atoms with Gasteiger partial charge in [-0.05, 0) is 37.5 Å². The van der Waals surface area contributed by atoms with E-state index in [9.17, 15) is 9.59 Å². The van der Waals surface area contributed by atoms with E-state index < -0.39 is 0 Å². The third kappa shape index (κ3) is 4.84. The highest BCUT2D eigenvalue weighted by atomic mass is 35.5. The lowest BCUT2D eigenvalue weighted by molar-refractivity contribution is -0.118. The molecular weight excluding hydrogens is 376 g/mol. The van der Waals surface area contributed by atoms with Crippen molar-refractivity contribution < 1.29 is 14.3 Å². The smallest absolute Gasteiger partial charge is 0.409 e. The van der Waals surface area contributed by atoms with Crippen molar-refractivity contribution in [3.63, 3.8) is 0 Å². The molecule has 0 aliphatic carbocycles. The Balaban J connectivity index is 1.79. The lowest BCUT2D eigenvalue weighted by Crippen LogP contribution is -2.49. The fraction of sp³-hybridized carbons (Fsp3) is 0.364. The van der Waals surface area contributed by atoms with Gasteiger partial charge >= 0.3 is 6.09 Å². The fourth-order valence-corrected chi connectivity index (χ4v) is 3.79. The van der Waals surface area contributed by atoms with E-state index in [1.165, 1.54) is 0 Å². The van der Waals surface area contributed by atoms with Crippen LogP contribution in [-0.2, 0) is 16.0 Å². The highest BCUT2D eigenvalue weighted by molar-refractivity contribution is 6.33. The average Bonchev–Trinajstić information content (AvgIpc) is 2.71. The number of likely N-dealkylation sites (tertiary alicyclic amines) is 1. The molecule has 6 heteroatoms. The minimum atomic E-state index is -0.291. The second kappa shape index (κ2) is 9.60. The van der Waals surface area contributed by atoms with E-state index in [-0.39, 0.29) is 18.0 Å². The summed E-state index contributed by atoms with van der Waals surface area (Å²) in [4.78, 5) is 28.7. The molecule has 0 unspecified atom stereocenters. The summed E-state index contributed by atoms with van der Waals surface area (Å²) in [5.74, 6) is 0.00823. The molecule has 2 aromatic carbocycles. The highest BCUT2D eigenvalue weighted by Gasteiger charge is 2.32. The molecule has 0 bridgehead atoms. The Kier molecular flexibility index (Phi) is 6.93. The van der Waals surface area contributed by atoms with E-state index in [4.69, 9.17) is 16.3 Å². The Morgan fingerprint density at radius 1 is 1.07 bits per heavy atom. The van der Waals surface area contributed by atoms with Crippen molar-refractivity contribution in [2.75, 3.05) is 24.6 Å². The van der Waals surface area contributed by atoms with Gasteiger partial charge in [0.15, 0.2) is 0 Å². The number of anilines is 1. The number of hydrogen-bond donors (Lipinski definition) is 0. The molecule has 2 amide bonds. The predicted octanol–water partition coefficient (Wildman–Crippen LogP) is 4.54. The second-order valence-electron chi connectivity index (χ2n) is 6.79. The van der Waals surface area contributed by atoms with Crippen LogP contribution in [0, 0.1) is 0 Å². The number of hydrogen-bond acceptors (Lipinski definition) is 3. The Hall–Kier alpha value is -2.53. The molecule has 1 heterocycles. The summed E-state index contributed by atoms with van der Waals surface area (Å²) < 4.78 is 5.09. The van der Waals surface area contributed by atoms with Gasteiger partial charge in [-0.15, -0.1) is 0 Å². The Morgan fingerprint density at radius 3 is 2.36 bits per heavy atom. The van der Waals surface area contributed by atoms with Gasteiger partial charge in [0, 0.05) is 19.1 Å². The molecule has 5 nitrogen and oxygen atoms in total. The number of nitrogens with zero attached hydrogens (tertiary/aromatic N) is 2. The highest BCUT2D eigenvalue weighted by Crippen LogP contribution is 2.31. The first kappa shape index (κ1) is 20.2. The number of piperidine rings is 1. The van der Waals surface area contributed by atoms with Crippen LogP contribution in [-0.4, -0.2) is 42.6 Å². The first-order valence-corrected chi connectivity index (χ1v) is 10.00. The molecule has 28 heavy (non-hydrogen) atoms. The maximum absolute atomic E-state index is 13.2. The molecule has 0 aromatic heterocycles. The number of halogens is 1. The van der Waals surface area contributed by atoms with Crippen LogP contribution in [0.1, 0.15) is 25.3 Å². The molecule has 1 saturated heterocycles. The number of benzene rings is 2. The van der Waals surface area contributed by atoms with Crippen molar-refractivity contribution in [1.82, 2.24) is 4.90 Å². The van der Waals surface area contributed by atoms with Gasteiger partial charge in [0.25, 0.3) is 0 Å². The summed E-state index contributed by atoms with van der Waals surface area (Å²) in [5.41, 5.74) is 1.69. The molecule has 0 N–H and O–H groups in total. The Morgan fingerprint density at radius 2 is 1.71 bits per heavy atom. The first-order valence-electron chi connectivity index (χ1n) is 9.62. The van der Waals surface area contributed by atoms with Gasteiger partial charge in [-0.25, -0.2) is 4.79 Å². The molecule has 0 atom stereocenters. The van der Waals surface area contributed by atoms with Gasteiger partial charge in [0.1, 0.15) is 0 Å². The van der Waals surface area contributed by atoms with Gasteiger partial charge in [-0.1, -0.05) is 54.1 Å². The van der Waals surface area contributed by atoms with Gasteiger partial charge < -0.3 is 14.5 Å². The van der Waals surface area contributed by atoms with Crippen LogP contribution in [0.4, 0.5) is 10.5 Å². The van der Waals surface area contributed by atoms with E-state index in [2.05, 4.69) is 0 Å². The minimum absolute atomic E-state index is 0.00823. The lowest BCUT2D eigenvalue weighted by Gasteiger charge is -2.38. The zero-order valence-electron chi connectivity index (χ0n) is 16.0. The monoisotopic (exact) mass is 400 g/mol. The van der Waals surface area contributed by atoms with E-state index in [1.54, 1.807) is 17.9 Å². The molecule has 1 aliphatic rings. The van der Waals surface area contributed by atoms with Crippen molar-refractivity contribution in [3.05, 3.63) is 65.2 Å². The summed E-state index contributed by atoms with van der Waals surface area (Å²) in [7, 11) is 0. The minimum Gasteiger partial charge on any atom is -0.450 e. The molecule has 0 radical (unpaired) electrons. The lowest BCUT2D eigenvalue weighted by atomic mass is 10.0. The molecular formula is C22H25ClN2O3. The van der Waals surface area contributed by atoms with Crippen molar-refractivity contribution in [3.8, 4) is 0 Å². The Bertz CT molecular complexity index is 804. The summed E-state index contributed by atoms with van der Waals surface area (Å²) in [6.45, 7) is 3.28. The number of rotatable bonds is 5. The van der Waals surface area contributed by atoms with Crippen molar-refractivity contribution in [2.45, 2.75) is 32.2 Å². The zero-order chi connectivity index (χ0) is 19.9. The normalized spacial score (nSPS) is 14.6. The maximum atomic E-state index is 13.2. The average molecular weight is 401 g/mol. The van der Waals surface area contributed by atoms with E-state index in [1.807, 2.05) is 53.4 Å². The van der Waals surface area contributed by atoms with Crippen LogP contribution in [0.3, 0.4) is 0 Å². The third-order valence-corrected chi connectivity index (χ3v) is 5.25. The van der Waals surface area contributed by atoms with Crippen molar-refractivity contribution in [2.24, 2.45) is 0 Å². The first-order chi connectivity index (χ1) is 13.6. The summed E-state index contributed by atoms with van der Waals surface area (Å²) in [6.07, 6.45) is 1.39. The molecule has 2 aromatic rings. The topological polar surface area (TPSA) is 49.9 Å². The summed E-state index contributed by atoms with van der Waals surface area (Å²) in [6, 6.07) is 17.1. The van der Waals surface area contributed by atoms with Crippen molar-refractivity contribution >= 4 is 29.3 Å². The van der Waals surface area contributed by atoms with Crippen LogP contribution in [0.15, 0.2) is 54.6 Å². The molecule has 0 spiro atoms. The molecule has 1 fully saturated rings. The van der Waals surface area contributed by atoms with E-state index >= 15 is 0 Å². The zero-order valence-corrected chi connectivity index (χ0v) is 16.8.